The van der Waals surface area contributed by atoms with Crippen molar-refractivity contribution in [1.29, 1.82) is 0 Å². The van der Waals surface area contributed by atoms with Gasteiger partial charge in [-0.2, -0.15) is 4.98 Å². The van der Waals surface area contributed by atoms with E-state index in [-0.39, 0.29) is 23.8 Å². The lowest BCUT2D eigenvalue weighted by Crippen LogP contribution is -2.43. The van der Waals surface area contributed by atoms with Gasteiger partial charge in [0.25, 0.3) is 5.91 Å². The van der Waals surface area contributed by atoms with Crippen molar-refractivity contribution < 1.29 is 14.1 Å². The average Bonchev–Trinajstić information content (AvgIpc) is 3.15. The Morgan fingerprint density at radius 3 is 2.44 bits per heavy atom. The van der Waals surface area contributed by atoms with Gasteiger partial charge in [0.2, 0.25) is 5.89 Å². The van der Waals surface area contributed by atoms with Crippen molar-refractivity contribution in [3.05, 3.63) is 47.6 Å². The number of amides is 3. The summed E-state index contributed by atoms with van der Waals surface area (Å²) in [6.07, 6.45) is 0.454. The molecule has 1 aliphatic rings. The second-order valence-corrected chi connectivity index (χ2v) is 7.21. The normalized spacial score (nSPS) is 20.9. The number of carbonyl (C=O) groups excluding carboxylic acids is 2. The largest absolute Gasteiger partial charge is 0.337 e. The Labute approximate surface area is 146 Å². The van der Waals surface area contributed by atoms with Crippen LogP contribution in [0.1, 0.15) is 51.4 Å². The second-order valence-electron chi connectivity index (χ2n) is 7.21. The Hall–Kier alpha value is -2.70. The lowest BCUT2D eigenvalue weighted by Gasteiger charge is -2.25. The third-order valence-corrected chi connectivity index (χ3v) is 4.40. The van der Waals surface area contributed by atoms with Gasteiger partial charge < -0.3 is 9.84 Å². The van der Waals surface area contributed by atoms with Gasteiger partial charge in [-0.05, 0) is 12.0 Å². The number of nitrogens with zero attached hydrogens (tertiary/aromatic N) is 3. The summed E-state index contributed by atoms with van der Waals surface area (Å²) in [5.74, 6) is 0.481. The van der Waals surface area contributed by atoms with Gasteiger partial charge >= 0.3 is 6.03 Å². The standard InChI is InChI=1S/C18H22N4O3/c1-5-18(12-9-7-6-8-10-12)15(23)22(16(24)20-18)11-13-19-14(21-25-13)17(2,3)4/h6-10H,5,11H2,1-4H3,(H,20,24). The Morgan fingerprint density at radius 1 is 1.20 bits per heavy atom. The molecule has 3 rings (SSSR count). The van der Waals surface area contributed by atoms with Crippen LogP contribution in [-0.4, -0.2) is 27.0 Å². The fourth-order valence-electron chi connectivity index (χ4n) is 2.89. The number of carbonyl (C=O) groups is 2. The van der Waals surface area contributed by atoms with E-state index in [1.165, 1.54) is 0 Å². The van der Waals surface area contributed by atoms with Crippen LogP contribution in [0.15, 0.2) is 34.9 Å². The summed E-state index contributed by atoms with van der Waals surface area (Å²) < 4.78 is 5.22. The molecule has 25 heavy (non-hydrogen) atoms. The molecule has 1 N–H and O–H groups in total. The highest BCUT2D eigenvalue weighted by Crippen LogP contribution is 2.33. The first-order chi connectivity index (χ1) is 11.8. The number of nitrogens with one attached hydrogen (secondary N) is 1. The molecule has 132 valence electrons. The van der Waals surface area contributed by atoms with Gasteiger partial charge in [0.15, 0.2) is 5.82 Å². The van der Waals surface area contributed by atoms with Gasteiger partial charge in [-0.3, -0.25) is 9.69 Å². The van der Waals surface area contributed by atoms with Crippen molar-refractivity contribution in [1.82, 2.24) is 20.4 Å². The number of aromatic nitrogens is 2. The molecule has 3 amide bonds. The van der Waals surface area contributed by atoms with Crippen molar-refractivity contribution in [2.75, 3.05) is 0 Å². The van der Waals surface area contributed by atoms with E-state index >= 15 is 0 Å². The van der Waals surface area contributed by atoms with Gasteiger partial charge in [0.05, 0.1) is 0 Å². The number of imide groups is 1. The fourth-order valence-corrected chi connectivity index (χ4v) is 2.89. The maximum atomic E-state index is 13.0. The molecule has 0 saturated carbocycles. The van der Waals surface area contributed by atoms with Gasteiger partial charge in [0.1, 0.15) is 12.1 Å². The number of benzene rings is 1. The van der Waals surface area contributed by atoms with E-state index in [1.807, 2.05) is 58.0 Å². The van der Waals surface area contributed by atoms with E-state index in [1.54, 1.807) is 0 Å². The van der Waals surface area contributed by atoms with E-state index in [2.05, 4.69) is 15.5 Å². The van der Waals surface area contributed by atoms with Crippen molar-refractivity contribution in [3.8, 4) is 0 Å². The monoisotopic (exact) mass is 342 g/mol. The number of hydrogen-bond acceptors (Lipinski definition) is 5. The molecule has 7 nitrogen and oxygen atoms in total. The third kappa shape index (κ3) is 2.90. The molecule has 7 heteroatoms. The van der Waals surface area contributed by atoms with Crippen molar-refractivity contribution in [2.45, 2.75) is 51.6 Å². The molecule has 0 bridgehead atoms. The third-order valence-electron chi connectivity index (χ3n) is 4.40. The molecule has 1 unspecified atom stereocenters. The average molecular weight is 342 g/mol. The Balaban J connectivity index is 1.88. The van der Waals surface area contributed by atoms with Gasteiger partial charge in [-0.1, -0.05) is 63.2 Å². The predicted octanol–water partition coefficient (Wildman–Crippen LogP) is 2.72. The molecule has 1 aliphatic heterocycles. The van der Waals surface area contributed by atoms with Crippen LogP contribution in [0.5, 0.6) is 0 Å². The minimum atomic E-state index is -1.05. The van der Waals surface area contributed by atoms with Crippen LogP contribution in [0.2, 0.25) is 0 Å². The molecule has 1 aromatic heterocycles. The van der Waals surface area contributed by atoms with E-state index < -0.39 is 11.6 Å². The van der Waals surface area contributed by atoms with Crippen LogP contribution in [0.25, 0.3) is 0 Å². The molecule has 0 radical (unpaired) electrons. The summed E-state index contributed by atoms with van der Waals surface area (Å²) in [4.78, 5) is 30.9. The van der Waals surface area contributed by atoms with E-state index in [0.717, 1.165) is 10.5 Å². The molecule has 2 heterocycles. The van der Waals surface area contributed by atoms with Crippen LogP contribution >= 0.6 is 0 Å². The van der Waals surface area contributed by atoms with Crippen LogP contribution in [0, 0.1) is 0 Å². The fraction of sp³-hybridized carbons (Fsp3) is 0.444. The first-order valence-corrected chi connectivity index (χ1v) is 8.30. The zero-order chi connectivity index (χ0) is 18.2. The lowest BCUT2D eigenvalue weighted by atomic mass is 9.87. The van der Waals surface area contributed by atoms with Crippen LogP contribution < -0.4 is 5.32 Å². The molecule has 1 fully saturated rings. The zero-order valence-corrected chi connectivity index (χ0v) is 14.9. The topological polar surface area (TPSA) is 88.3 Å². The highest BCUT2D eigenvalue weighted by Gasteiger charge is 2.51. The molecule has 1 aromatic carbocycles. The smallest absolute Gasteiger partial charge is 0.325 e. The maximum Gasteiger partial charge on any atom is 0.325 e. The Bertz CT molecular complexity index is 794. The van der Waals surface area contributed by atoms with E-state index in [9.17, 15) is 9.59 Å². The minimum Gasteiger partial charge on any atom is -0.337 e. The molecular formula is C18H22N4O3. The van der Waals surface area contributed by atoms with E-state index in [0.29, 0.717) is 12.2 Å². The van der Waals surface area contributed by atoms with Crippen molar-refractivity contribution >= 4 is 11.9 Å². The second kappa shape index (κ2) is 5.98. The van der Waals surface area contributed by atoms with Crippen LogP contribution in [0.3, 0.4) is 0 Å². The van der Waals surface area contributed by atoms with Crippen LogP contribution in [-0.2, 0) is 22.3 Å². The quantitative estimate of drug-likeness (QED) is 0.863. The summed E-state index contributed by atoms with van der Waals surface area (Å²) in [6.45, 7) is 7.73. The minimum absolute atomic E-state index is 0.0394. The van der Waals surface area contributed by atoms with E-state index in [4.69, 9.17) is 4.52 Å². The molecule has 2 aromatic rings. The van der Waals surface area contributed by atoms with Gasteiger partial charge in [-0.25, -0.2) is 4.79 Å². The number of hydrogen-bond donors (Lipinski definition) is 1. The Morgan fingerprint density at radius 2 is 1.88 bits per heavy atom. The highest BCUT2D eigenvalue weighted by atomic mass is 16.5. The number of rotatable bonds is 4. The lowest BCUT2D eigenvalue weighted by molar-refractivity contribution is -0.132. The summed E-state index contributed by atoms with van der Waals surface area (Å²) >= 11 is 0. The van der Waals surface area contributed by atoms with Crippen molar-refractivity contribution in [3.63, 3.8) is 0 Å². The maximum absolute atomic E-state index is 13.0. The van der Waals surface area contributed by atoms with Gasteiger partial charge in [-0.15, -0.1) is 0 Å². The van der Waals surface area contributed by atoms with Crippen LogP contribution in [0.4, 0.5) is 4.79 Å². The number of urea groups is 1. The summed E-state index contributed by atoms with van der Waals surface area (Å²) in [7, 11) is 0. The highest BCUT2D eigenvalue weighted by molar-refractivity contribution is 6.07. The summed E-state index contributed by atoms with van der Waals surface area (Å²) in [6, 6.07) is 8.81. The molecular weight excluding hydrogens is 320 g/mol. The summed E-state index contributed by atoms with van der Waals surface area (Å²) in [5.41, 5.74) is -0.555. The Kier molecular flexibility index (Phi) is 4.10. The summed E-state index contributed by atoms with van der Waals surface area (Å²) in [5, 5.41) is 6.78. The predicted molar refractivity (Wildman–Crippen MR) is 90.5 cm³/mol. The molecule has 1 saturated heterocycles. The SMILES string of the molecule is CCC1(c2ccccc2)NC(=O)N(Cc2nc(C(C)(C)C)no2)C1=O. The first-order valence-electron chi connectivity index (χ1n) is 8.30. The van der Waals surface area contributed by atoms with Gasteiger partial charge in [0, 0.05) is 5.41 Å². The zero-order valence-electron chi connectivity index (χ0n) is 14.9. The molecule has 0 spiro atoms. The molecule has 1 atom stereocenters. The van der Waals surface area contributed by atoms with Crippen molar-refractivity contribution in [2.24, 2.45) is 0 Å². The first kappa shape index (κ1) is 17.1. The molecule has 0 aliphatic carbocycles.